The normalized spacial score (nSPS) is 19.1. The first-order chi connectivity index (χ1) is 11.5. The molecule has 6 nitrogen and oxygen atoms in total. The molecule has 1 aliphatic rings. The summed E-state index contributed by atoms with van der Waals surface area (Å²) in [7, 11) is -3.57. The highest BCUT2D eigenvalue weighted by Crippen LogP contribution is 2.25. The molecular formula is C16H19N3O3S2. The topological polar surface area (TPSA) is 79.4 Å². The Bertz CT molecular complexity index is 802. The van der Waals surface area contributed by atoms with Crippen LogP contribution in [0.15, 0.2) is 40.7 Å². The molecule has 1 fully saturated rings. The average Bonchev–Trinajstić information content (AvgIpc) is 3.08. The van der Waals surface area contributed by atoms with E-state index in [9.17, 15) is 13.2 Å². The molecule has 1 unspecified atom stereocenters. The zero-order chi connectivity index (χ0) is 17.2. The molecule has 8 heteroatoms. The number of benzene rings is 1. The molecule has 2 aromatic rings. The van der Waals surface area contributed by atoms with E-state index in [0.717, 1.165) is 5.56 Å². The molecule has 1 amide bonds. The summed E-state index contributed by atoms with van der Waals surface area (Å²) in [6.07, 6.45) is 2.97. The average molecular weight is 365 g/mol. The van der Waals surface area contributed by atoms with Crippen LogP contribution in [0.2, 0.25) is 0 Å². The van der Waals surface area contributed by atoms with Gasteiger partial charge in [-0.25, -0.2) is 13.4 Å². The first-order valence-corrected chi connectivity index (χ1v) is 10.1. The van der Waals surface area contributed by atoms with Gasteiger partial charge in [-0.05, 0) is 31.9 Å². The highest BCUT2D eigenvalue weighted by Gasteiger charge is 2.33. The number of nitrogens with zero attached hydrogens (tertiary/aromatic N) is 2. The van der Waals surface area contributed by atoms with E-state index in [4.69, 9.17) is 0 Å². The summed E-state index contributed by atoms with van der Waals surface area (Å²) in [4.78, 5) is 16.7. The van der Waals surface area contributed by atoms with Crippen molar-refractivity contribution in [1.82, 2.24) is 9.29 Å². The molecule has 3 rings (SSSR count). The van der Waals surface area contributed by atoms with Crippen molar-refractivity contribution >= 4 is 32.4 Å². The van der Waals surface area contributed by atoms with Gasteiger partial charge in [0.1, 0.15) is 0 Å². The van der Waals surface area contributed by atoms with Gasteiger partial charge in [0, 0.05) is 24.7 Å². The Labute approximate surface area is 145 Å². The second kappa shape index (κ2) is 7.00. The van der Waals surface area contributed by atoms with Gasteiger partial charge in [0.2, 0.25) is 15.9 Å². The van der Waals surface area contributed by atoms with Crippen LogP contribution in [0, 0.1) is 12.8 Å². The third-order valence-corrected chi connectivity index (χ3v) is 6.64. The molecule has 1 aliphatic heterocycles. The van der Waals surface area contributed by atoms with Gasteiger partial charge in [0.25, 0.3) is 0 Å². The molecule has 1 aromatic carbocycles. The molecule has 1 N–H and O–H groups in total. The van der Waals surface area contributed by atoms with Crippen LogP contribution in [0.4, 0.5) is 5.13 Å². The Balaban J connectivity index is 1.72. The predicted molar refractivity (Wildman–Crippen MR) is 93.4 cm³/mol. The summed E-state index contributed by atoms with van der Waals surface area (Å²) in [6, 6.07) is 6.79. The lowest BCUT2D eigenvalue weighted by molar-refractivity contribution is -0.120. The summed E-state index contributed by atoms with van der Waals surface area (Å²) < 4.78 is 26.9. The maximum absolute atomic E-state index is 12.8. The number of amides is 1. The van der Waals surface area contributed by atoms with Crippen LogP contribution in [0.1, 0.15) is 18.4 Å². The van der Waals surface area contributed by atoms with Gasteiger partial charge in [0.15, 0.2) is 5.13 Å². The molecule has 1 saturated heterocycles. The largest absolute Gasteiger partial charge is 0.302 e. The van der Waals surface area contributed by atoms with E-state index in [2.05, 4.69) is 10.3 Å². The van der Waals surface area contributed by atoms with Crippen molar-refractivity contribution in [3.63, 3.8) is 0 Å². The Kier molecular flexibility index (Phi) is 4.98. The van der Waals surface area contributed by atoms with E-state index in [-0.39, 0.29) is 23.3 Å². The van der Waals surface area contributed by atoms with Gasteiger partial charge < -0.3 is 5.32 Å². The molecule has 0 spiro atoms. The van der Waals surface area contributed by atoms with Gasteiger partial charge in [-0.15, -0.1) is 11.3 Å². The number of aromatic nitrogens is 1. The number of aryl methyl sites for hydroxylation is 1. The molecular weight excluding hydrogens is 346 g/mol. The van der Waals surface area contributed by atoms with Crippen LogP contribution in [-0.4, -0.2) is 36.7 Å². The van der Waals surface area contributed by atoms with Crippen LogP contribution in [0.25, 0.3) is 0 Å². The molecule has 0 aliphatic carbocycles. The van der Waals surface area contributed by atoms with Crippen LogP contribution in [0.3, 0.4) is 0 Å². The Morgan fingerprint density at radius 1 is 1.33 bits per heavy atom. The summed E-state index contributed by atoms with van der Waals surface area (Å²) in [5.74, 6) is -0.531. The van der Waals surface area contributed by atoms with Crippen molar-refractivity contribution in [2.75, 3.05) is 18.4 Å². The number of nitrogens with one attached hydrogen (secondary N) is 1. The van der Waals surface area contributed by atoms with Crippen LogP contribution in [0.5, 0.6) is 0 Å². The maximum Gasteiger partial charge on any atom is 0.243 e. The highest BCUT2D eigenvalue weighted by atomic mass is 32.2. The van der Waals surface area contributed by atoms with Crippen molar-refractivity contribution in [1.29, 1.82) is 0 Å². The molecule has 0 bridgehead atoms. The number of thiazole rings is 1. The number of rotatable bonds is 4. The van der Waals surface area contributed by atoms with Crippen molar-refractivity contribution in [2.45, 2.75) is 24.7 Å². The van der Waals surface area contributed by atoms with Crippen molar-refractivity contribution in [2.24, 2.45) is 5.92 Å². The minimum atomic E-state index is -3.57. The smallest absolute Gasteiger partial charge is 0.243 e. The fourth-order valence-electron chi connectivity index (χ4n) is 2.73. The van der Waals surface area contributed by atoms with Gasteiger partial charge in [-0.3, -0.25) is 4.79 Å². The molecule has 2 heterocycles. The lowest BCUT2D eigenvalue weighted by atomic mass is 9.99. The molecule has 128 valence electrons. The van der Waals surface area contributed by atoms with E-state index in [0.29, 0.717) is 24.5 Å². The Morgan fingerprint density at radius 3 is 2.75 bits per heavy atom. The third kappa shape index (κ3) is 3.66. The van der Waals surface area contributed by atoms with Crippen LogP contribution in [-0.2, 0) is 14.8 Å². The highest BCUT2D eigenvalue weighted by molar-refractivity contribution is 7.89. The molecule has 0 saturated carbocycles. The second-order valence-corrected chi connectivity index (χ2v) is 8.67. The van der Waals surface area contributed by atoms with Crippen molar-refractivity contribution in [3.05, 3.63) is 41.4 Å². The summed E-state index contributed by atoms with van der Waals surface area (Å²) in [6.45, 7) is 2.56. The van der Waals surface area contributed by atoms with E-state index in [1.807, 2.05) is 6.92 Å². The summed E-state index contributed by atoms with van der Waals surface area (Å²) in [5, 5.41) is 5.08. The summed E-state index contributed by atoms with van der Waals surface area (Å²) >= 11 is 1.34. The lowest BCUT2D eigenvalue weighted by Gasteiger charge is -2.31. The first kappa shape index (κ1) is 17.1. The number of carbonyl (C=O) groups excluding carboxylic acids is 1. The number of sulfonamides is 1. The first-order valence-electron chi connectivity index (χ1n) is 7.74. The van der Waals surface area contributed by atoms with E-state index in [1.54, 1.807) is 35.8 Å². The number of hydrogen-bond donors (Lipinski definition) is 1. The monoisotopic (exact) mass is 365 g/mol. The minimum Gasteiger partial charge on any atom is -0.302 e. The van der Waals surface area contributed by atoms with Gasteiger partial charge >= 0.3 is 0 Å². The second-order valence-electron chi connectivity index (χ2n) is 5.84. The fourth-order valence-corrected chi connectivity index (χ4v) is 4.78. The van der Waals surface area contributed by atoms with Crippen LogP contribution >= 0.6 is 11.3 Å². The molecule has 1 aromatic heterocycles. The quantitative estimate of drug-likeness (QED) is 0.903. The van der Waals surface area contributed by atoms with E-state index < -0.39 is 10.0 Å². The number of hydrogen-bond acceptors (Lipinski definition) is 5. The molecule has 24 heavy (non-hydrogen) atoms. The minimum absolute atomic E-state index is 0.172. The van der Waals surface area contributed by atoms with Crippen molar-refractivity contribution < 1.29 is 13.2 Å². The number of piperidine rings is 1. The van der Waals surface area contributed by atoms with Gasteiger partial charge in [-0.1, -0.05) is 17.7 Å². The number of carbonyl (C=O) groups is 1. The maximum atomic E-state index is 12.8. The summed E-state index contributed by atoms with van der Waals surface area (Å²) in [5.41, 5.74) is 1.01. The van der Waals surface area contributed by atoms with Crippen molar-refractivity contribution in [3.8, 4) is 0 Å². The Morgan fingerprint density at radius 2 is 2.08 bits per heavy atom. The lowest BCUT2D eigenvalue weighted by Crippen LogP contribution is -2.43. The standard InChI is InChI=1S/C16H19N3O3S2/c1-12-4-6-14(7-5-12)24(21,22)19-9-2-3-13(11-19)15(20)18-16-17-8-10-23-16/h4-8,10,13H,2-3,9,11H2,1H3,(H,17,18,20). The number of anilines is 1. The zero-order valence-electron chi connectivity index (χ0n) is 13.3. The SMILES string of the molecule is Cc1ccc(S(=O)(=O)N2CCCC(C(=O)Nc3nccs3)C2)cc1. The predicted octanol–water partition coefficient (Wildman–Crippen LogP) is 2.49. The van der Waals surface area contributed by atoms with E-state index >= 15 is 0 Å². The fraction of sp³-hybridized carbons (Fsp3) is 0.375. The van der Waals surface area contributed by atoms with Gasteiger partial charge in [0.05, 0.1) is 10.8 Å². The molecule has 0 radical (unpaired) electrons. The zero-order valence-corrected chi connectivity index (χ0v) is 14.9. The van der Waals surface area contributed by atoms with E-state index in [1.165, 1.54) is 15.6 Å². The van der Waals surface area contributed by atoms with Gasteiger partial charge in [-0.2, -0.15) is 4.31 Å². The molecule has 1 atom stereocenters. The van der Waals surface area contributed by atoms with Crippen LogP contribution < -0.4 is 5.32 Å². The Hall–Kier alpha value is -1.77. The third-order valence-electron chi connectivity index (χ3n) is 4.08.